The lowest BCUT2D eigenvalue weighted by molar-refractivity contribution is 0.564. The van der Waals surface area contributed by atoms with Crippen LogP contribution < -0.4 is 11.3 Å². The van der Waals surface area contributed by atoms with E-state index in [0.717, 1.165) is 24.8 Å². The van der Waals surface area contributed by atoms with Crippen LogP contribution in [0.1, 0.15) is 37.7 Å². The normalized spacial score (nSPS) is 17.7. The third-order valence-corrected chi connectivity index (χ3v) is 4.25. The molecule has 1 aliphatic rings. The van der Waals surface area contributed by atoms with Crippen LogP contribution in [0.5, 0.6) is 0 Å². The predicted molar refractivity (Wildman–Crippen MR) is 82.4 cm³/mol. The molecule has 0 spiro atoms. The molecule has 0 aliphatic heterocycles. The highest BCUT2D eigenvalue weighted by atomic mass is 35.5. The van der Waals surface area contributed by atoms with Crippen molar-refractivity contribution in [1.29, 1.82) is 0 Å². The fourth-order valence-corrected chi connectivity index (χ4v) is 3.05. The minimum absolute atomic E-state index is 0.164. The molecule has 3 N–H and O–H groups in total. The summed E-state index contributed by atoms with van der Waals surface area (Å²) in [6.07, 6.45) is 9.25. The van der Waals surface area contributed by atoms with Gasteiger partial charge in [0.15, 0.2) is 0 Å². The van der Waals surface area contributed by atoms with Crippen molar-refractivity contribution in [2.45, 2.75) is 44.6 Å². The van der Waals surface area contributed by atoms with Crippen LogP contribution in [0.25, 0.3) is 0 Å². The zero-order valence-electron chi connectivity index (χ0n) is 11.0. The van der Waals surface area contributed by atoms with E-state index in [2.05, 4.69) is 11.5 Å². The van der Waals surface area contributed by atoms with Crippen LogP contribution in [-0.4, -0.2) is 6.04 Å². The van der Waals surface area contributed by atoms with Gasteiger partial charge in [0.05, 0.1) is 0 Å². The van der Waals surface area contributed by atoms with Crippen LogP contribution in [0.15, 0.2) is 29.8 Å². The van der Waals surface area contributed by atoms with E-state index in [9.17, 15) is 0 Å². The Hall–Kier alpha value is -0.540. The summed E-state index contributed by atoms with van der Waals surface area (Å²) in [6, 6.07) is 5.80. The SMILES string of the molecule is NNC(Cc1ccc(Cl)cc1Cl)C1=CCCCCC1. The Labute approximate surface area is 124 Å². The molecule has 1 unspecified atom stereocenters. The molecule has 104 valence electrons. The minimum Gasteiger partial charge on any atom is -0.271 e. The van der Waals surface area contributed by atoms with E-state index >= 15 is 0 Å². The van der Waals surface area contributed by atoms with Crippen molar-refractivity contribution in [3.63, 3.8) is 0 Å². The van der Waals surface area contributed by atoms with Gasteiger partial charge in [-0.2, -0.15) is 0 Å². The molecule has 0 bridgehead atoms. The molecule has 0 aromatic heterocycles. The number of benzene rings is 1. The fraction of sp³-hybridized carbons (Fsp3) is 0.467. The van der Waals surface area contributed by atoms with Gasteiger partial charge in [-0.3, -0.25) is 11.3 Å². The molecular weight excluding hydrogens is 279 g/mol. The minimum atomic E-state index is 0.164. The monoisotopic (exact) mass is 298 g/mol. The Balaban J connectivity index is 2.11. The third-order valence-electron chi connectivity index (χ3n) is 3.66. The zero-order chi connectivity index (χ0) is 13.7. The second kappa shape index (κ2) is 7.30. The predicted octanol–water partition coefficient (Wildman–Crippen LogP) is 4.26. The number of nitrogens with two attached hydrogens (primary N) is 1. The molecule has 0 fully saturated rings. The number of hydrogen-bond donors (Lipinski definition) is 2. The first-order valence-electron chi connectivity index (χ1n) is 6.79. The van der Waals surface area contributed by atoms with E-state index in [-0.39, 0.29) is 6.04 Å². The van der Waals surface area contributed by atoms with Crippen LogP contribution in [-0.2, 0) is 6.42 Å². The fourth-order valence-electron chi connectivity index (χ4n) is 2.56. The van der Waals surface area contributed by atoms with Gasteiger partial charge >= 0.3 is 0 Å². The number of hydrazine groups is 1. The van der Waals surface area contributed by atoms with E-state index in [1.54, 1.807) is 6.07 Å². The highest BCUT2D eigenvalue weighted by Crippen LogP contribution is 2.26. The highest BCUT2D eigenvalue weighted by molar-refractivity contribution is 6.35. The maximum absolute atomic E-state index is 6.23. The molecule has 19 heavy (non-hydrogen) atoms. The second-order valence-corrected chi connectivity index (χ2v) is 5.88. The van der Waals surface area contributed by atoms with Gasteiger partial charge < -0.3 is 0 Å². The molecule has 0 amide bonds. The molecule has 1 aromatic rings. The Morgan fingerprint density at radius 3 is 2.79 bits per heavy atom. The Morgan fingerprint density at radius 1 is 1.21 bits per heavy atom. The average molecular weight is 299 g/mol. The first-order valence-corrected chi connectivity index (χ1v) is 7.55. The molecule has 1 atom stereocenters. The molecular formula is C15H20Cl2N2. The van der Waals surface area contributed by atoms with Crippen molar-refractivity contribution in [3.8, 4) is 0 Å². The van der Waals surface area contributed by atoms with Gasteiger partial charge in [0, 0.05) is 16.1 Å². The smallest absolute Gasteiger partial charge is 0.0460 e. The molecule has 4 heteroatoms. The number of rotatable bonds is 4. The van der Waals surface area contributed by atoms with Gasteiger partial charge in [0.2, 0.25) is 0 Å². The van der Waals surface area contributed by atoms with Gasteiger partial charge in [0.25, 0.3) is 0 Å². The van der Waals surface area contributed by atoms with Gasteiger partial charge in [-0.15, -0.1) is 0 Å². The molecule has 2 rings (SSSR count). The second-order valence-electron chi connectivity index (χ2n) is 5.04. The van der Waals surface area contributed by atoms with Crippen LogP contribution in [0, 0.1) is 0 Å². The van der Waals surface area contributed by atoms with Gasteiger partial charge in [-0.05, 0) is 49.8 Å². The summed E-state index contributed by atoms with van der Waals surface area (Å²) in [5.74, 6) is 5.72. The van der Waals surface area contributed by atoms with E-state index in [4.69, 9.17) is 29.0 Å². The van der Waals surface area contributed by atoms with Crippen LogP contribution in [0.4, 0.5) is 0 Å². The molecule has 0 heterocycles. The topological polar surface area (TPSA) is 38.0 Å². The van der Waals surface area contributed by atoms with Crippen LogP contribution in [0.3, 0.4) is 0 Å². The Morgan fingerprint density at radius 2 is 2.05 bits per heavy atom. The van der Waals surface area contributed by atoms with Crippen LogP contribution in [0.2, 0.25) is 10.0 Å². The van der Waals surface area contributed by atoms with Gasteiger partial charge in [-0.25, -0.2) is 0 Å². The molecule has 0 saturated carbocycles. The average Bonchev–Trinajstić information content (AvgIpc) is 2.67. The summed E-state index contributed by atoms with van der Waals surface area (Å²) >= 11 is 12.2. The van der Waals surface area contributed by atoms with E-state index in [1.807, 2.05) is 12.1 Å². The quantitative estimate of drug-likeness (QED) is 0.495. The molecule has 2 nitrogen and oxygen atoms in total. The van der Waals surface area contributed by atoms with E-state index < -0.39 is 0 Å². The van der Waals surface area contributed by atoms with Crippen molar-refractivity contribution in [3.05, 3.63) is 45.5 Å². The van der Waals surface area contributed by atoms with Crippen LogP contribution >= 0.6 is 23.2 Å². The maximum atomic E-state index is 6.23. The van der Waals surface area contributed by atoms with E-state index in [1.165, 1.54) is 24.8 Å². The number of hydrogen-bond acceptors (Lipinski definition) is 2. The largest absolute Gasteiger partial charge is 0.271 e. The summed E-state index contributed by atoms with van der Waals surface area (Å²) in [6.45, 7) is 0. The van der Waals surface area contributed by atoms with Crippen molar-refractivity contribution in [1.82, 2.24) is 5.43 Å². The summed E-state index contributed by atoms with van der Waals surface area (Å²) in [7, 11) is 0. The number of nitrogens with one attached hydrogen (secondary N) is 1. The van der Waals surface area contributed by atoms with Gasteiger partial charge in [0.1, 0.15) is 0 Å². The summed E-state index contributed by atoms with van der Waals surface area (Å²) in [4.78, 5) is 0. The number of allylic oxidation sites excluding steroid dienone is 1. The van der Waals surface area contributed by atoms with Crippen molar-refractivity contribution in [2.24, 2.45) is 5.84 Å². The maximum Gasteiger partial charge on any atom is 0.0460 e. The van der Waals surface area contributed by atoms with Crippen molar-refractivity contribution >= 4 is 23.2 Å². The van der Waals surface area contributed by atoms with Crippen molar-refractivity contribution < 1.29 is 0 Å². The molecule has 1 aliphatic carbocycles. The lowest BCUT2D eigenvalue weighted by atomic mass is 9.96. The van der Waals surface area contributed by atoms with Gasteiger partial charge in [-0.1, -0.05) is 47.3 Å². The summed E-state index contributed by atoms with van der Waals surface area (Å²) < 4.78 is 0. The first-order chi connectivity index (χ1) is 9.20. The summed E-state index contributed by atoms with van der Waals surface area (Å²) in [5.41, 5.74) is 5.42. The standard InChI is InChI=1S/C15H20Cl2N2/c16-13-8-7-12(14(17)10-13)9-15(19-18)11-5-3-1-2-4-6-11/h5,7-8,10,15,19H,1-4,6,9,18H2. The Kier molecular flexibility index (Phi) is 5.71. The summed E-state index contributed by atoms with van der Waals surface area (Å²) in [5, 5.41) is 1.38. The molecule has 1 aromatic carbocycles. The van der Waals surface area contributed by atoms with Crippen molar-refractivity contribution in [2.75, 3.05) is 0 Å². The molecule has 0 saturated heterocycles. The third kappa shape index (κ3) is 4.22. The number of halogens is 2. The van der Waals surface area contributed by atoms with E-state index in [0.29, 0.717) is 10.0 Å². The highest BCUT2D eigenvalue weighted by Gasteiger charge is 2.16. The lowest BCUT2D eigenvalue weighted by Crippen LogP contribution is -2.38. The zero-order valence-corrected chi connectivity index (χ0v) is 12.5. The lowest BCUT2D eigenvalue weighted by Gasteiger charge is -2.20. The first kappa shape index (κ1) is 14.9. The molecule has 0 radical (unpaired) electrons. The Bertz CT molecular complexity index is 457.